The summed E-state index contributed by atoms with van der Waals surface area (Å²) in [6, 6.07) is 5.38. The van der Waals surface area contributed by atoms with Crippen molar-refractivity contribution in [2.24, 2.45) is 0 Å². The number of rotatable bonds is 4. The first-order valence-corrected chi connectivity index (χ1v) is 7.85. The normalized spacial score (nSPS) is 16.8. The maximum atomic E-state index is 12.1. The third-order valence-corrected chi connectivity index (χ3v) is 4.15. The molecule has 120 valence electrons. The third-order valence-electron chi connectivity index (χ3n) is 4.15. The maximum Gasteiger partial charge on any atom is 0.341 e. The molecule has 3 N–H and O–H groups in total. The molecule has 2 rings (SSSR count). The number of ether oxygens (including phenoxy) is 1. The van der Waals surface area contributed by atoms with Gasteiger partial charge in [-0.1, -0.05) is 31.4 Å². The number of carbonyl (C=O) groups excluding carboxylic acids is 2. The van der Waals surface area contributed by atoms with E-state index in [0.717, 1.165) is 31.2 Å². The fraction of sp³-hybridized carbons (Fsp3) is 0.529. The lowest BCUT2D eigenvalue weighted by Crippen LogP contribution is -2.42. The number of nitrogens with two attached hydrogens (primary N) is 1. The Hall–Kier alpha value is -2.04. The number of amides is 1. The van der Waals surface area contributed by atoms with Gasteiger partial charge < -0.3 is 15.8 Å². The fourth-order valence-electron chi connectivity index (χ4n) is 2.70. The van der Waals surface area contributed by atoms with Gasteiger partial charge in [0.2, 0.25) is 0 Å². The quantitative estimate of drug-likeness (QED) is 0.661. The molecule has 0 radical (unpaired) electrons. The topological polar surface area (TPSA) is 81.4 Å². The van der Waals surface area contributed by atoms with Crippen LogP contribution in [0, 0.1) is 6.92 Å². The fourth-order valence-corrected chi connectivity index (χ4v) is 2.70. The van der Waals surface area contributed by atoms with Gasteiger partial charge in [-0.05, 0) is 38.3 Å². The minimum Gasteiger partial charge on any atom is -0.449 e. The number of anilines is 1. The second-order valence-electron chi connectivity index (χ2n) is 5.93. The van der Waals surface area contributed by atoms with Gasteiger partial charge >= 0.3 is 5.97 Å². The predicted molar refractivity (Wildman–Crippen MR) is 85.5 cm³/mol. The summed E-state index contributed by atoms with van der Waals surface area (Å²) in [6.45, 7) is 3.41. The van der Waals surface area contributed by atoms with Crippen LogP contribution in [0.3, 0.4) is 0 Å². The lowest BCUT2D eigenvalue weighted by atomic mass is 9.95. The standard InChI is InChI=1S/C17H24N2O3/c1-11-7-6-10-14(15(11)18)17(21)22-12(2)16(20)19-13-8-4-3-5-9-13/h6-7,10,12-13H,3-5,8-9,18H2,1-2H3,(H,19,20)/t12-/m1/s1. The van der Waals surface area contributed by atoms with Crippen molar-refractivity contribution >= 4 is 17.6 Å². The number of hydrogen-bond donors (Lipinski definition) is 2. The summed E-state index contributed by atoms with van der Waals surface area (Å²) in [6.07, 6.45) is 4.67. The Balaban J connectivity index is 1.92. The highest BCUT2D eigenvalue weighted by molar-refractivity contribution is 5.97. The molecule has 0 saturated heterocycles. The van der Waals surface area contributed by atoms with Gasteiger partial charge in [0, 0.05) is 11.7 Å². The molecule has 1 aromatic rings. The molecule has 1 aliphatic rings. The Bertz CT molecular complexity index is 551. The molecule has 0 heterocycles. The van der Waals surface area contributed by atoms with E-state index in [0.29, 0.717) is 11.3 Å². The highest BCUT2D eigenvalue weighted by Crippen LogP contribution is 2.19. The number of hydrogen-bond acceptors (Lipinski definition) is 4. The lowest BCUT2D eigenvalue weighted by molar-refractivity contribution is -0.130. The van der Waals surface area contributed by atoms with Crippen LogP contribution in [0.1, 0.15) is 54.9 Å². The van der Waals surface area contributed by atoms with Gasteiger partial charge in [-0.25, -0.2) is 4.79 Å². The van der Waals surface area contributed by atoms with Crippen molar-refractivity contribution in [1.82, 2.24) is 5.32 Å². The molecule has 0 unspecified atom stereocenters. The largest absolute Gasteiger partial charge is 0.449 e. The Morgan fingerprint density at radius 3 is 2.64 bits per heavy atom. The lowest BCUT2D eigenvalue weighted by Gasteiger charge is -2.24. The van der Waals surface area contributed by atoms with Crippen LogP contribution in [0.4, 0.5) is 5.69 Å². The van der Waals surface area contributed by atoms with Gasteiger partial charge in [-0.3, -0.25) is 4.79 Å². The molecule has 1 saturated carbocycles. The van der Waals surface area contributed by atoms with Gasteiger partial charge in [0.25, 0.3) is 5.91 Å². The van der Waals surface area contributed by atoms with E-state index in [1.54, 1.807) is 19.1 Å². The monoisotopic (exact) mass is 304 g/mol. The molecule has 0 aliphatic heterocycles. The van der Waals surface area contributed by atoms with E-state index in [4.69, 9.17) is 10.5 Å². The molecule has 0 spiro atoms. The van der Waals surface area contributed by atoms with Crippen molar-refractivity contribution in [2.75, 3.05) is 5.73 Å². The summed E-state index contributed by atoms with van der Waals surface area (Å²) in [5, 5.41) is 2.95. The third kappa shape index (κ3) is 4.00. The van der Waals surface area contributed by atoms with Crippen LogP contribution in [0.5, 0.6) is 0 Å². The van der Waals surface area contributed by atoms with E-state index in [-0.39, 0.29) is 11.9 Å². The zero-order valence-electron chi connectivity index (χ0n) is 13.2. The van der Waals surface area contributed by atoms with Gasteiger partial charge in [-0.15, -0.1) is 0 Å². The van der Waals surface area contributed by atoms with Crippen LogP contribution in [0.2, 0.25) is 0 Å². The van der Waals surface area contributed by atoms with Crippen molar-refractivity contribution in [3.63, 3.8) is 0 Å². The van der Waals surface area contributed by atoms with E-state index in [1.807, 2.05) is 13.0 Å². The second-order valence-corrected chi connectivity index (χ2v) is 5.93. The molecule has 0 aromatic heterocycles. The molecule has 1 fully saturated rings. The van der Waals surface area contributed by atoms with E-state index in [1.165, 1.54) is 6.42 Å². The van der Waals surface area contributed by atoms with Gasteiger partial charge in [0.1, 0.15) is 0 Å². The molecule has 1 aliphatic carbocycles. The van der Waals surface area contributed by atoms with E-state index in [2.05, 4.69) is 5.32 Å². The molecular formula is C17H24N2O3. The predicted octanol–water partition coefficient (Wildman–Crippen LogP) is 2.57. The summed E-state index contributed by atoms with van der Waals surface area (Å²) < 4.78 is 5.24. The molecule has 22 heavy (non-hydrogen) atoms. The zero-order valence-corrected chi connectivity index (χ0v) is 13.2. The van der Waals surface area contributed by atoms with Crippen molar-refractivity contribution in [2.45, 2.75) is 58.1 Å². The van der Waals surface area contributed by atoms with Crippen LogP contribution in [0.25, 0.3) is 0 Å². The smallest absolute Gasteiger partial charge is 0.341 e. The molecule has 1 aromatic carbocycles. The first kappa shape index (κ1) is 16.3. The number of para-hydroxylation sites is 1. The molecule has 0 bridgehead atoms. The van der Waals surface area contributed by atoms with Gasteiger partial charge in [-0.2, -0.15) is 0 Å². The van der Waals surface area contributed by atoms with E-state index in [9.17, 15) is 9.59 Å². The second kappa shape index (κ2) is 7.29. The summed E-state index contributed by atoms with van der Waals surface area (Å²) in [5.74, 6) is -0.807. The number of nitrogen functional groups attached to an aromatic ring is 1. The average molecular weight is 304 g/mol. The minimum absolute atomic E-state index is 0.200. The Morgan fingerprint density at radius 2 is 1.95 bits per heavy atom. The number of aryl methyl sites for hydroxylation is 1. The number of carbonyl (C=O) groups is 2. The van der Waals surface area contributed by atoms with Gasteiger partial charge in [0.15, 0.2) is 6.10 Å². The van der Waals surface area contributed by atoms with E-state index >= 15 is 0 Å². The van der Waals surface area contributed by atoms with Crippen molar-refractivity contribution in [1.29, 1.82) is 0 Å². The van der Waals surface area contributed by atoms with Crippen molar-refractivity contribution in [3.8, 4) is 0 Å². The molecule has 5 nitrogen and oxygen atoms in total. The SMILES string of the molecule is Cc1cccc(C(=O)O[C@H](C)C(=O)NC2CCCCC2)c1N. The summed E-state index contributed by atoms with van der Waals surface area (Å²) in [5.41, 5.74) is 7.40. The average Bonchev–Trinajstić information content (AvgIpc) is 2.50. The van der Waals surface area contributed by atoms with Crippen LogP contribution in [0.15, 0.2) is 18.2 Å². The highest BCUT2D eigenvalue weighted by Gasteiger charge is 2.23. The molecule has 1 atom stereocenters. The Kier molecular flexibility index (Phi) is 5.41. The maximum absolute atomic E-state index is 12.1. The zero-order chi connectivity index (χ0) is 16.1. The minimum atomic E-state index is -0.825. The van der Waals surface area contributed by atoms with Crippen LogP contribution in [-0.2, 0) is 9.53 Å². The number of esters is 1. The Labute approximate surface area is 131 Å². The first-order chi connectivity index (χ1) is 10.5. The van der Waals surface area contributed by atoms with Crippen molar-refractivity contribution < 1.29 is 14.3 Å². The highest BCUT2D eigenvalue weighted by atomic mass is 16.5. The molecular weight excluding hydrogens is 280 g/mol. The van der Waals surface area contributed by atoms with Gasteiger partial charge in [0.05, 0.1) is 5.56 Å². The first-order valence-electron chi connectivity index (χ1n) is 7.85. The molecule has 5 heteroatoms. The molecule has 1 amide bonds. The summed E-state index contributed by atoms with van der Waals surface area (Å²) >= 11 is 0. The van der Waals surface area contributed by atoms with E-state index < -0.39 is 12.1 Å². The van der Waals surface area contributed by atoms with Crippen LogP contribution < -0.4 is 11.1 Å². The van der Waals surface area contributed by atoms with Crippen LogP contribution in [-0.4, -0.2) is 24.0 Å². The Morgan fingerprint density at radius 1 is 1.27 bits per heavy atom. The number of benzene rings is 1. The van der Waals surface area contributed by atoms with Crippen LogP contribution >= 0.6 is 0 Å². The van der Waals surface area contributed by atoms with Crippen molar-refractivity contribution in [3.05, 3.63) is 29.3 Å². The number of nitrogens with one attached hydrogen (secondary N) is 1. The summed E-state index contributed by atoms with van der Waals surface area (Å²) in [4.78, 5) is 24.3. The summed E-state index contributed by atoms with van der Waals surface area (Å²) in [7, 11) is 0.